The van der Waals surface area contributed by atoms with Gasteiger partial charge in [0.2, 0.25) is 0 Å². The summed E-state index contributed by atoms with van der Waals surface area (Å²) in [6, 6.07) is 0. The molecular formula is C10H16N3OS2+. The van der Waals surface area contributed by atoms with E-state index in [-0.39, 0.29) is 0 Å². The Morgan fingerprint density at radius 1 is 1.62 bits per heavy atom. The number of aliphatic hydroxyl groups is 1. The van der Waals surface area contributed by atoms with E-state index in [0.717, 1.165) is 36.8 Å². The smallest absolute Gasteiger partial charge is 0.315 e. The lowest BCUT2D eigenvalue weighted by atomic mass is 10.4. The van der Waals surface area contributed by atoms with Gasteiger partial charge in [0.15, 0.2) is 5.76 Å². The molecule has 1 aromatic rings. The van der Waals surface area contributed by atoms with Crippen molar-refractivity contribution in [2.24, 2.45) is 0 Å². The lowest BCUT2D eigenvalue weighted by Gasteiger charge is -1.98. The summed E-state index contributed by atoms with van der Waals surface area (Å²) in [5.74, 6) is 3.06. The third-order valence-electron chi connectivity index (χ3n) is 2.58. The van der Waals surface area contributed by atoms with Crippen LogP contribution >= 0.6 is 23.7 Å². The molecule has 88 valence electrons. The second-order valence-corrected chi connectivity index (χ2v) is 5.22. The summed E-state index contributed by atoms with van der Waals surface area (Å²) >= 11 is 3.21. The Labute approximate surface area is 104 Å². The number of thioether (sulfide) groups is 1. The highest BCUT2D eigenvalue weighted by molar-refractivity contribution is 7.98. The van der Waals surface area contributed by atoms with Crippen LogP contribution in [0.3, 0.4) is 0 Å². The van der Waals surface area contributed by atoms with Crippen molar-refractivity contribution in [1.29, 1.82) is 0 Å². The van der Waals surface area contributed by atoms with E-state index in [4.69, 9.17) is 0 Å². The summed E-state index contributed by atoms with van der Waals surface area (Å²) in [4.78, 5) is 0. The maximum Gasteiger partial charge on any atom is 0.315 e. The molecular weight excluding hydrogens is 242 g/mol. The Balaban J connectivity index is 2.38. The van der Waals surface area contributed by atoms with Gasteiger partial charge in [0.05, 0.1) is 23.6 Å². The first-order valence-electron chi connectivity index (χ1n) is 5.22. The second-order valence-electron chi connectivity index (χ2n) is 3.60. The highest BCUT2D eigenvalue weighted by Gasteiger charge is 2.31. The maximum absolute atomic E-state index is 10.1. The summed E-state index contributed by atoms with van der Waals surface area (Å²) in [7, 11) is 0. The van der Waals surface area contributed by atoms with Gasteiger partial charge in [0.1, 0.15) is 0 Å². The minimum absolute atomic E-state index is 0.337. The summed E-state index contributed by atoms with van der Waals surface area (Å²) in [5, 5.41) is 14.5. The van der Waals surface area contributed by atoms with E-state index >= 15 is 0 Å². The van der Waals surface area contributed by atoms with Crippen LogP contribution in [0.15, 0.2) is 6.08 Å². The van der Waals surface area contributed by atoms with Crippen LogP contribution in [0.25, 0.3) is 5.76 Å². The summed E-state index contributed by atoms with van der Waals surface area (Å²) in [6.07, 6.45) is 7.97. The minimum Gasteiger partial charge on any atom is -0.502 e. The Morgan fingerprint density at radius 3 is 3.12 bits per heavy atom. The lowest BCUT2D eigenvalue weighted by Crippen LogP contribution is -2.36. The minimum atomic E-state index is 0.337. The van der Waals surface area contributed by atoms with E-state index in [9.17, 15) is 5.11 Å². The molecule has 6 heteroatoms. The Bertz CT molecular complexity index is 414. The van der Waals surface area contributed by atoms with Crippen LogP contribution < -0.4 is 4.57 Å². The lowest BCUT2D eigenvalue weighted by molar-refractivity contribution is -0.693. The van der Waals surface area contributed by atoms with Gasteiger partial charge in [-0.1, -0.05) is 0 Å². The molecule has 0 unspecified atom stereocenters. The number of hydrogen-bond donors (Lipinski definition) is 1. The fraction of sp³-hybridized carbons (Fsp3) is 0.600. The second kappa shape index (κ2) is 5.14. The zero-order valence-corrected chi connectivity index (χ0v) is 11.1. The highest BCUT2D eigenvalue weighted by Crippen LogP contribution is 2.17. The molecule has 2 heterocycles. The van der Waals surface area contributed by atoms with Gasteiger partial charge >= 0.3 is 5.82 Å². The van der Waals surface area contributed by atoms with Gasteiger partial charge in [-0.25, -0.2) is 4.57 Å². The molecule has 0 fully saturated rings. The summed E-state index contributed by atoms with van der Waals surface area (Å²) < 4.78 is 3.92. The molecule has 0 amide bonds. The zero-order chi connectivity index (χ0) is 11.5. The fourth-order valence-corrected chi connectivity index (χ4v) is 2.73. The van der Waals surface area contributed by atoms with Crippen LogP contribution in [0, 0.1) is 0 Å². The van der Waals surface area contributed by atoms with Crippen molar-refractivity contribution in [1.82, 2.24) is 9.19 Å². The first kappa shape index (κ1) is 11.9. The van der Waals surface area contributed by atoms with E-state index in [1.54, 1.807) is 15.8 Å². The zero-order valence-electron chi connectivity index (χ0n) is 9.51. The number of nitrogens with zero attached hydrogens (tertiary/aromatic N) is 3. The number of aliphatic hydroxyl groups excluding tert-OH is 1. The first-order chi connectivity index (χ1) is 7.77. The topological polar surface area (TPSA) is 41.9 Å². The number of rotatable bonds is 4. The summed E-state index contributed by atoms with van der Waals surface area (Å²) in [6.45, 7) is 0.961. The van der Waals surface area contributed by atoms with Gasteiger partial charge < -0.3 is 5.11 Å². The molecule has 16 heavy (non-hydrogen) atoms. The predicted octanol–water partition coefficient (Wildman–Crippen LogP) is 1.50. The Morgan fingerprint density at radius 2 is 2.44 bits per heavy atom. The van der Waals surface area contributed by atoms with E-state index in [2.05, 4.69) is 9.67 Å². The van der Waals surface area contributed by atoms with Gasteiger partial charge in [-0.05, 0) is 22.8 Å². The number of fused-ring (bicyclic) bond motifs is 1. The predicted molar refractivity (Wildman–Crippen MR) is 68.6 cm³/mol. The summed E-state index contributed by atoms with van der Waals surface area (Å²) in [5.41, 5.74) is 0. The first-order valence-corrected chi connectivity index (χ1v) is 7.80. The molecule has 0 radical (unpaired) electrons. The number of aromatic nitrogens is 3. The van der Waals surface area contributed by atoms with Crippen molar-refractivity contribution in [2.75, 3.05) is 18.3 Å². The molecule has 0 aromatic carbocycles. The molecule has 0 bridgehead atoms. The number of aryl methyl sites for hydroxylation is 1. The molecule has 0 saturated heterocycles. The molecule has 1 aromatic heterocycles. The molecule has 2 rings (SSSR count). The van der Waals surface area contributed by atoms with Crippen molar-refractivity contribution in [3.63, 3.8) is 0 Å². The molecule has 0 atom stereocenters. The standard InChI is InChI=1S/C10H15N3OS2/c1-15-7-5-8(14)10-12-6-3-4-9(12)11-13(10)16-2/h5H,3-4,6-7H2,1-2H3/p+1/b8-5-. The van der Waals surface area contributed by atoms with Crippen molar-refractivity contribution < 1.29 is 9.67 Å². The van der Waals surface area contributed by atoms with Crippen LogP contribution in [0.1, 0.15) is 18.1 Å². The van der Waals surface area contributed by atoms with E-state index < -0.39 is 0 Å². The molecule has 0 spiro atoms. The maximum atomic E-state index is 10.1. The van der Waals surface area contributed by atoms with Crippen LogP contribution in [-0.4, -0.2) is 32.6 Å². The Hall–Kier alpha value is -0.620. The molecule has 1 N–H and O–H groups in total. The van der Waals surface area contributed by atoms with Gasteiger partial charge in [0.25, 0.3) is 5.82 Å². The molecule has 1 aliphatic heterocycles. The third-order valence-corrected chi connectivity index (χ3v) is 3.68. The molecule has 0 saturated carbocycles. The average molecular weight is 258 g/mol. The van der Waals surface area contributed by atoms with E-state index in [1.165, 1.54) is 11.9 Å². The van der Waals surface area contributed by atoms with Crippen molar-refractivity contribution >= 4 is 29.5 Å². The number of hydrogen-bond acceptors (Lipinski definition) is 4. The Kier molecular flexibility index (Phi) is 3.81. The van der Waals surface area contributed by atoms with Gasteiger partial charge in [-0.3, -0.25) is 0 Å². The van der Waals surface area contributed by atoms with Crippen LogP contribution in [0.5, 0.6) is 0 Å². The van der Waals surface area contributed by atoms with Gasteiger partial charge in [0, 0.05) is 18.4 Å². The molecule has 4 nitrogen and oxygen atoms in total. The fourth-order valence-electron chi connectivity index (χ4n) is 1.86. The molecule has 0 aliphatic carbocycles. The largest absolute Gasteiger partial charge is 0.502 e. The van der Waals surface area contributed by atoms with Crippen LogP contribution in [-0.2, 0) is 13.0 Å². The van der Waals surface area contributed by atoms with Gasteiger partial charge in [-0.15, -0.1) is 0 Å². The SMILES string of the molecule is CSC/C=C(\O)c1n(SC)nc2[n+]1CCC2. The van der Waals surface area contributed by atoms with Gasteiger partial charge in [-0.2, -0.15) is 11.8 Å². The average Bonchev–Trinajstić information content (AvgIpc) is 2.84. The van der Waals surface area contributed by atoms with Crippen LogP contribution in [0.4, 0.5) is 0 Å². The van der Waals surface area contributed by atoms with E-state index in [1.807, 2.05) is 18.6 Å². The van der Waals surface area contributed by atoms with Crippen molar-refractivity contribution in [3.8, 4) is 0 Å². The van der Waals surface area contributed by atoms with Crippen LogP contribution in [0.2, 0.25) is 0 Å². The van der Waals surface area contributed by atoms with Crippen molar-refractivity contribution in [2.45, 2.75) is 19.4 Å². The molecule has 1 aliphatic rings. The monoisotopic (exact) mass is 258 g/mol. The highest BCUT2D eigenvalue weighted by atomic mass is 32.2. The quantitative estimate of drug-likeness (QED) is 0.656. The third kappa shape index (κ3) is 2.08. The normalized spacial score (nSPS) is 15.5. The van der Waals surface area contributed by atoms with Crippen molar-refractivity contribution in [3.05, 3.63) is 17.7 Å². The van der Waals surface area contributed by atoms with E-state index in [0.29, 0.717) is 5.76 Å².